The number of nitrogens with zero attached hydrogens (tertiary/aromatic N) is 6. The van der Waals surface area contributed by atoms with Gasteiger partial charge in [0.25, 0.3) is 5.91 Å². The maximum Gasteiger partial charge on any atom is 0.260 e. The van der Waals surface area contributed by atoms with Gasteiger partial charge in [-0.05, 0) is 67.4 Å². The van der Waals surface area contributed by atoms with Gasteiger partial charge in [0.05, 0.1) is 39.5 Å². The number of aromatic nitrogens is 2. The molecule has 0 saturated heterocycles. The van der Waals surface area contributed by atoms with Gasteiger partial charge >= 0.3 is 0 Å². The molecule has 0 spiro atoms. The van der Waals surface area contributed by atoms with Crippen molar-refractivity contribution < 1.29 is 13.2 Å². The predicted molar refractivity (Wildman–Crippen MR) is 150 cm³/mol. The van der Waals surface area contributed by atoms with Crippen molar-refractivity contribution in [1.82, 2.24) is 14.3 Å². The number of hydrogen-bond acceptors (Lipinski definition) is 8. The minimum atomic E-state index is -3.95. The molecule has 4 rings (SSSR count). The van der Waals surface area contributed by atoms with E-state index in [1.165, 1.54) is 35.6 Å². The van der Waals surface area contributed by atoms with Crippen LogP contribution in [0.5, 0.6) is 0 Å². The van der Waals surface area contributed by atoms with E-state index < -0.39 is 10.0 Å². The molecule has 198 valence electrons. The number of nitriles is 2. The second-order valence-electron chi connectivity index (χ2n) is 8.88. The summed E-state index contributed by atoms with van der Waals surface area (Å²) < 4.78 is 28.4. The third-order valence-corrected chi connectivity index (χ3v) is 8.96. The molecule has 0 fully saturated rings. The first-order chi connectivity index (χ1) is 18.7. The zero-order valence-corrected chi connectivity index (χ0v) is 23.2. The first kappa shape index (κ1) is 27.9. The van der Waals surface area contributed by atoms with E-state index in [4.69, 9.17) is 15.5 Å². The normalized spacial score (nSPS) is 11.3. The highest BCUT2D eigenvalue weighted by molar-refractivity contribution is 7.89. The van der Waals surface area contributed by atoms with E-state index in [1.54, 1.807) is 17.2 Å². The van der Waals surface area contributed by atoms with Gasteiger partial charge in [0.15, 0.2) is 5.13 Å². The van der Waals surface area contributed by atoms with E-state index in [0.717, 1.165) is 25.6 Å². The fraction of sp³-hybridized carbons (Fsp3) is 0.250. The van der Waals surface area contributed by atoms with E-state index in [0.29, 0.717) is 10.8 Å². The lowest BCUT2D eigenvalue weighted by Crippen LogP contribution is -2.33. The smallest absolute Gasteiger partial charge is 0.260 e. The molecular formula is C28H26N6O3S2. The quantitative estimate of drug-likeness (QED) is 0.268. The second-order valence-corrected chi connectivity index (χ2v) is 11.8. The second kappa shape index (κ2) is 12.1. The predicted octanol–water partition coefficient (Wildman–Crippen LogP) is 4.97. The Morgan fingerprint density at radius 3 is 2.31 bits per heavy atom. The number of thiazole rings is 1. The van der Waals surface area contributed by atoms with E-state index in [9.17, 15) is 13.2 Å². The number of fused-ring (bicyclic) bond motifs is 1. The molecule has 0 bridgehead atoms. The van der Waals surface area contributed by atoms with Gasteiger partial charge < -0.3 is 0 Å². The lowest BCUT2D eigenvalue weighted by atomic mass is 10.1. The van der Waals surface area contributed by atoms with Crippen molar-refractivity contribution in [3.8, 4) is 12.1 Å². The summed E-state index contributed by atoms with van der Waals surface area (Å²) in [6.07, 6.45) is 1.67. The molecule has 0 aliphatic rings. The van der Waals surface area contributed by atoms with Gasteiger partial charge in [-0.1, -0.05) is 23.5 Å². The molecule has 0 aliphatic carbocycles. The Bertz CT molecular complexity index is 1650. The molecule has 0 N–H and O–H groups in total. The van der Waals surface area contributed by atoms with Crippen LogP contribution in [-0.4, -0.2) is 41.7 Å². The van der Waals surface area contributed by atoms with E-state index in [-0.39, 0.29) is 48.8 Å². The molecule has 0 atom stereocenters. The van der Waals surface area contributed by atoms with Crippen LogP contribution >= 0.6 is 11.3 Å². The first-order valence-electron chi connectivity index (χ1n) is 12.2. The van der Waals surface area contributed by atoms with Gasteiger partial charge in [-0.25, -0.2) is 13.4 Å². The molecule has 2 heterocycles. The van der Waals surface area contributed by atoms with Crippen molar-refractivity contribution in [2.24, 2.45) is 0 Å². The molecule has 0 aliphatic heterocycles. The number of pyridine rings is 1. The van der Waals surface area contributed by atoms with Crippen LogP contribution in [0.25, 0.3) is 10.2 Å². The molecule has 39 heavy (non-hydrogen) atoms. The Hall–Kier alpha value is -4.16. The summed E-state index contributed by atoms with van der Waals surface area (Å²) in [6.45, 7) is 4.15. The van der Waals surface area contributed by atoms with Crippen LogP contribution in [-0.2, 0) is 16.6 Å². The molecule has 2 aromatic carbocycles. The number of aryl methyl sites for hydroxylation is 2. The number of carbonyl (C=O) groups excluding carboxylic acids is 1. The van der Waals surface area contributed by atoms with E-state index in [1.807, 2.05) is 50.3 Å². The molecule has 2 aromatic heterocycles. The average molecular weight is 559 g/mol. The Labute approximate surface area is 231 Å². The Kier molecular flexibility index (Phi) is 8.67. The van der Waals surface area contributed by atoms with Crippen molar-refractivity contribution in [2.45, 2.75) is 38.1 Å². The number of amides is 1. The van der Waals surface area contributed by atoms with Gasteiger partial charge in [-0.15, -0.1) is 0 Å². The summed E-state index contributed by atoms with van der Waals surface area (Å²) in [4.78, 5) is 24.5. The largest absolute Gasteiger partial charge is 0.278 e. The first-order valence-corrected chi connectivity index (χ1v) is 14.4. The maximum absolute atomic E-state index is 13.8. The lowest BCUT2D eigenvalue weighted by Gasteiger charge is -2.21. The average Bonchev–Trinajstić information content (AvgIpc) is 3.36. The number of anilines is 1. The molecule has 11 heteroatoms. The maximum atomic E-state index is 13.8. The monoisotopic (exact) mass is 558 g/mol. The minimum Gasteiger partial charge on any atom is -0.278 e. The molecule has 0 unspecified atom stereocenters. The number of carbonyl (C=O) groups is 1. The fourth-order valence-electron chi connectivity index (χ4n) is 4.13. The number of hydrogen-bond donors (Lipinski definition) is 0. The molecule has 0 saturated carbocycles. The summed E-state index contributed by atoms with van der Waals surface area (Å²) in [5, 5.41) is 18.3. The highest BCUT2D eigenvalue weighted by Gasteiger charge is 2.26. The number of sulfonamides is 1. The van der Waals surface area contributed by atoms with Gasteiger partial charge in [-0.2, -0.15) is 14.8 Å². The van der Waals surface area contributed by atoms with Crippen LogP contribution in [0, 0.1) is 36.5 Å². The van der Waals surface area contributed by atoms with E-state index >= 15 is 0 Å². The summed E-state index contributed by atoms with van der Waals surface area (Å²) in [6, 6.07) is 19.1. The zero-order valence-electron chi connectivity index (χ0n) is 21.5. The molecule has 9 nitrogen and oxygen atoms in total. The summed E-state index contributed by atoms with van der Waals surface area (Å²) in [5.41, 5.74) is 3.92. The van der Waals surface area contributed by atoms with Crippen molar-refractivity contribution in [3.63, 3.8) is 0 Å². The van der Waals surface area contributed by atoms with Crippen LogP contribution in [0.3, 0.4) is 0 Å². The number of rotatable bonds is 10. The number of benzene rings is 2. The zero-order chi connectivity index (χ0) is 28.0. The van der Waals surface area contributed by atoms with Gasteiger partial charge in [0.2, 0.25) is 10.0 Å². The van der Waals surface area contributed by atoms with Crippen LogP contribution < -0.4 is 4.90 Å². The standard InChI is InChI=1S/C28H26N6O3S2/c1-20-17-21(2)26-25(18-20)38-28(32-26)34(19-23-7-3-4-14-31-23)27(35)22-8-10-24(11-9-22)39(36,37)33(15-5-12-29)16-6-13-30/h3-4,7-11,14,17-18H,5-6,15-16,19H2,1-2H3. The molecule has 0 radical (unpaired) electrons. The van der Waals surface area contributed by atoms with Crippen LogP contribution in [0.1, 0.15) is 40.0 Å². The third-order valence-electron chi connectivity index (χ3n) is 6.03. The van der Waals surface area contributed by atoms with Gasteiger partial charge in [-0.3, -0.25) is 14.7 Å². The Morgan fingerprint density at radius 1 is 1.00 bits per heavy atom. The van der Waals surface area contributed by atoms with Crippen molar-refractivity contribution in [1.29, 1.82) is 10.5 Å². The SMILES string of the molecule is Cc1cc(C)c2nc(N(Cc3ccccn3)C(=O)c3ccc(S(=O)(=O)N(CCC#N)CCC#N)cc3)sc2c1. The Balaban J connectivity index is 1.68. The van der Waals surface area contributed by atoms with Crippen LogP contribution in [0.4, 0.5) is 5.13 Å². The fourth-order valence-corrected chi connectivity index (χ4v) is 6.71. The highest BCUT2D eigenvalue weighted by atomic mass is 32.2. The molecule has 1 amide bonds. The molecular weight excluding hydrogens is 532 g/mol. The summed E-state index contributed by atoms with van der Waals surface area (Å²) in [5.74, 6) is -0.344. The van der Waals surface area contributed by atoms with Crippen molar-refractivity contribution in [2.75, 3.05) is 18.0 Å². The Morgan fingerprint density at radius 2 is 1.69 bits per heavy atom. The van der Waals surface area contributed by atoms with Crippen molar-refractivity contribution in [3.05, 3.63) is 83.2 Å². The summed E-state index contributed by atoms with van der Waals surface area (Å²) >= 11 is 1.41. The lowest BCUT2D eigenvalue weighted by molar-refractivity contribution is 0.0984. The van der Waals surface area contributed by atoms with E-state index in [2.05, 4.69) is 4.98 Å². The van der Waals surface area contributed by atoms with Crippen LogP contribution in [0.15, 0.2) is 65.7 Å². The van der Waals surface area contributed by atoms with Crippen LogP contribution in [0.2, 0.25) is 0 Å². The van der Waals surface area contributed by atoms with Crippen molar-refractivity contribution >= 4 is 42.6 Å². The topological polar surface area (TPSA) is 131 Å². The highest BCUT2D eigenvalue weighted by Crippen LogP contribution is 2.33. The third kappa shape index (κ3) is 6.29. The molecule has 4 aromatic rings. The van der Waals surface area contributed by atoms with Gasteiger partial charge in [0.1, 0.15) is 0 Å². The summed E-state index contributed by atoms with van der Waals surface area (Å²) in [7, 11) is -3.95. The van der Waals surface area contributed by atoms with Gasteiger partial charge in [0, 0.05) is 37.7 Å². The minimum absolute atomic E-state index is 0.00484.